The van der Waals surface area contributed by atoms with Crippen molar-refractivity contribution in [1.82, 2.24) is 14.5 Å². The highest BCUT2D eigenvalue weighted by Gasteiger charge is 2.20. The molecule has 0 fully saturated rings. The molecule has 0 saturated carbocycles. The van der Waals surface area contributed by atoms with Crippen molar-refractivity contribution < 1.29 is 9.59 Å². The lowest BCUT2D eigenvalue weighted by atomic mass is 10.1. The van der Waals surface area contributed by atoms with Crippen LogP contribution in [0, 0.1) is 0 Å². The average Bonchev–Trinajstić information content (AvgIpc) is 2.87. The largest absolute Gasteiger partial charge is 0.368 e. The molecule has 0 aliphatic heterocycles. The molecule has 7 heteroatoms. The van der Waals surface area contributed by atoms with Gasteiger partial charge in [0.15, 0.2) is 0 Å². The van der Waals surface area contributed by atoms with Crippen LogP contribution in [0.5, 0.6) is 0 Å². The van der Waals surface area contributed by atoms with E-state index in [9.17, 15) is 14.4 Å². The van der Waals surface area contributed by atoms with Gasteiger partial charge < -0.3 is 11.1 Å². The maximum atomic E-state index is 12.4. The quantitative estimate of drug-likeness (QED) is 0.678. The van der Waals surface area contributed by atoms with Crippen LogP contribution < -0.4 is 16.7 Å². The van der Waals surface area contributed by atoms with Crippen molar-refractivity contribution >= 4 is 22.8 Å². The van der Waals surface area contributed by atoms with Crippen molar-refractivity contribution in [2.24, 2.45) is 12.8 Å². The average molecular weight is 352 g/mol. The van der Waals surface area contributed by atoms with Gasteiger partial charge in [-0.05, 0) is 17.7 Å². The number of nitrogens with two attached hydrogens (primary N) is 1. The van der Waals surface area contributed by atoms with Crippen LogP contribution in [0.25, 0.3) is 11.0 Å². The number of amides is 2. The fourth-order valence-corrected chi connectivity index (χ4v) is 2.97. The maximum absolute atomic E-state index is 12.4. The van der Waals surface area contributed by atoms with Crippen molar-refractivity contribution in [3.05, 3.63) is 70.6 Å². The van der Waals surface area contributed by atoms with E-state index in [2.05, 4.69) is 5.32 Å². The number of fused-ring (bicyclic) bond motifs is 1. The zero-order valence-corrected chi connectivity index (χ0v) is 14.4. The molecule has 134 valence electrons. The Morgan fingerprint density at radius 2 is 1.65 bits per heavy atom. The second-order valence-electron chi connectivity index (χ2n) is 6.13. The van der Waals surface area contributed by atoms with Gasteiger partial charge in [-0.25, -0.2) is 4.79 Å². The van der Waals surface area contributed by atoms with Crippen LogP contribution >= 0.6 is 0 Å². The number of aromatic nitrogens is 2. The summed E-state index contributed by atoms with van der Waals surface area (Å²) in [4.78, 5) is 36.5. The first-order valence-electron chi connectivity index (χ1n) is 8.24. The van der Waals surface area contributed by atoms with Gasteiger partial charge in [0.25, 0.3) is 0 Å². The second-order valence-corrected chi connectivity index (χ2v) is 6.13. The first-order chi connectivity index (χ1) is 12.5. The van der Waals surface area contributed by atoms with Crippen molar-refractivity contribution in [3.63, 3.8) is 0 Å². The first kappa shape index (κ1) is 17.5. The number of carbonyl (C=O) groups excluding carboxylic acids is 2. The topological polar surface area (TPSA) is 99.1 Å². The normalized spacial score (nSPS) is 12.0. The summed E-state index contributed by atoms with van der Waals surface area (Å²) in [5, 5.41) is 2.63. The summed E-state index contributed by atoms with van der Waals surface area (Å²) in [6.45, 7) is -0.182. The highest BCUT2D eigenvalue weighted by atomic mass is 16.2. The lowest BCUT2D eigenvalue weighted by Crippen LogP contribution is -2.47. The molecule has 1 atom stereocenters. The fourth-order valence-electron chi connectivity index (χ4n) is 2.97. The molecular formula is C19H20N4O3. The zero-order chi connectivity index (χ0) is 18.7. The Morgan fingerprint density at radius 1 is 1.04 bits per heavy atom. The van der Waals surface area contributed by atoms with Crippen molar-refractivity contribution in [2.45, 2.75) is 19.0 Å². The minimum absolute atomic E-state index is 0.182. The van der Waals surface area contributed by atoms with E-state index in [1.165, 1.54) is 9.13 Å². The van der Waals surface area contributed by atoms with Crippen molar-refractivity contribution in [3.8, 4) is 0 Å². The summed E-state index contributed by atoms with van der Waals surface area (Å²) in [5.74, 6) is -1.06. The molecule has 3 N–H and O–H groups in total. The van der Waals surface area contributed by atoms with Crippen molar-refractivity contribution in [1.29, 1.82) is 0 Å². The SMILES string of the molecule is Cn1c(=O)n(CC(=O)NC(Cc2ccccc2)C(N)=O)c2ccccc21. The lowest BCUT2D eigenvalue weighted by Gasteiger charge is -2.16. The van der Waals surface area contributed by atoms with Crippen LogP contribution in [-0.4, -0.2) is 27.0 Å². The van der Waals surface area contributed by atoms with Crippen LogP contribution in [0.4, 0.5) is 0 Å². The van der Waals surface area contributed by atoms with Gasteiger partial charge in [-0.3, -0.25) is 18.7 Å². The van der Waals surface area contributed by atoms with E-state index in [0.29, 0.717) is 11.9 Å². The summed E-state index contributed by atoms with van der Waals surface area (Å²) < 4.78 is 2.86. The molecule has 1 aromatic heterocycles. The molecule has 26 heavy (non-hydrogen) atoms. The van der Waals surface area contributed by atoms with Gasteiger partial charge in [-0.15, -0.1) is 0 Å². The number of imidazole rings is 1. The van der Waals surface area contributed by atoms with Gasteiger partial charge >= 0.3 is 5.69 Å². The number of carbonyl (C=O) groups is 2. The summed E-state index contributed by atoms with van der Waals surface area (Å²) >= 11 is 0. The zero-order valence-electron chi connectivity index (χ0n) is 14.4. The maximum Gasteiger partial charge on any atom is 0.329 e. The van der Waals surface area contributed by atoms with Gasteiger partial charge in [0.1, 0.15) is 12.6 Å². The number of primary amides is 1. The van der Waals surface area contributed by atoms with E-state index in [0.717, 1.165) is 11.1 Å². The molecule has 3 aromatic rings. The minimum Gasteiger partial charge on any atom is -0.368 e. The number of benzene rings is 2. The molecule has 2 amide bonds. The Hall–Kier alpha value is -3.35. The van der Waals surface area contributed by atoms with Crippen LogP contribution in [-0.2, 0) is 29.6 Å². The molecule has 0 bridgehead atoms. The number of hydrogen-bond acceptors (Lipinski definition) is 3. The van der Waals surface area contributed by atoms with E-state index in [-0.39, 0.29) is 12.2 Å². The van der Waals surface area contributed by atoms with E-state index in [1.807, 2.05) is 42.5 Å². The van der Waals surface area contributed by atoms with Gasteiger partial charge in [0.2, 0.25) is 11.8 Å². The Balaban J connectivity index is 1.78. The summed E-state index contributed by atoms with van der Waals surface area (Å²) in [6.07, 6.45) is 0.298. The van der Waals surface area contributed by atoms with Gasteiger partial charge in [-0.2, -0.15) is 0 Å². The minimum atomic E-state index is -0.837. The van der Waals surface area contributed by atoms with E-state index in [4.69, 9.17) is 5.73 Å². The second kappa shape index (κ2) is 7.26. The summed E-state index contributed by atoms with van der Waals surface area (Å²) in [7, 11) is 1.65. The fraction of sp³-hybridized carbons (Fsp3) is 0.211. The van der Waals surface area contributed by atoms with Crippen LogP contribution in [0.1, 0.15) is 5.56 Å². The number of nitrogens with one attached hydrogen (secondary N) is 1. The van der Waals surface area contributed by atoms with Gasteiger partial charge in [-0.1, -0.05) is 42.5 Å². The van der Waals surface area contributed by atoms with E-state index in [1.54, 1.807) is 19.2 Å². The molecule has 0 spiro atoms. The Kier molecular flexibility index (Phi) is 4.88. The van der Waals surface area contributed by atoms with E-state index < -0.39 is 17.9 Å². The predicted molar refractivity (Wildman–Crippen MR) is 98.5 cm³/mol. The molecule has 0 aliphatic rings. The van der Waals surface area contributed by atoms with Crippen LogP contribution in [0.2, 0.25) is 0 Å². The van der Waals surface area contributed by atoms with Gasteiger partial charge in [0.05, 0.1) is 11.0 Å². The molecule has 1 unspecified atom stereocenters. The molecule has 3 rings (SSSR count). The van der Waals surface area contributed by atoms with Crippen LogP contribution in [0.15, 0.2) is 59.4 Å². The number of rotatable bonds is 6. The summed E-state index contributed by atoms with van der Waals surface area (Å²) in [5.41, 5.74) is 7.42. The Labute approximate surface area is 150 Å². The standard InChI is InChI=1S/C19H20N4O3/c1-22-15-9-5-6-10-16(15)23(19(22)26)12-17(24)21-14(18(20)25)11-13-7-3-2-4-8-13/h2-10,14H,11-12H2,1H3,(H2,20,25)(H,21,24). The lowest BCUT2D eigenvalue weighted by molar-refractivity contribution is -0.127. The third-order valence-electron chi connectivity index (χ3n) is 4.31. The monoisotopic (exact) mass is 352 g/mol. The molecule has 0 aliphatic carbocycles. The number of aryl methyl sites for hydroxylation is 1. The molecular weight excluding hydrogens is 332 g/mol. The smallest absolute Gasteiger partial charge is 0.329 e. The third-order valence-corrected chi connectivity index (χ3v) is 4.31. The Bertz CT molecular complexity index is 1000. The predicted octanol–water partition coefficient (Wildman–Crippen LogP) is 0.553. The molecule has 0 radical (unpaired) electrons. The number of hydrogen-bond donors (Lipinski definition) is 2. The molecule has 2 aromatic carbocycles. The third kappa shape index (κ3) is 3.51. The molecule has 0 saturated heterocycles. The van der Waals surface area contributed by atoms with E-state index >= 15 is 0 Å². The van der Waals surface area contributed by atoms with Gasteiger partial charge in [0, 0.05) is 13.5 Å². The molecule has 7 nitrogen and oxygen atoms in total. The first-order valence-corrected chi connectivity index (χ1v) is 8.24. The number of para-hydroxylation sites is 2. The summed E-state index contributed by atoms with van der Waals surface area (Å²) in [6, 6.07) is 15.7. The van der Waals surface area contributed by atoms with Crippen LogP contribution in [0.3, 0.4) is 0 Å². The number of nitrogens with zero attached hydrogens (tertiary/aromatic N) is 2. The van der Waals surface area contributed by atoms with Crippen molar-refractivity contribution in [2.75, 3.05) is 0 Å². The Morgan fingerprint density at radius 3 is 2.31 bits per heavy atom. The highest BCUT2D eigenvalue weighted by molar-refractivity contribution is 5.87. The highest BCUT2D eigenvalue weighted by Crippen LogP contribution is 2.11. The molecule has 1 heterocycles.